The molecule has 72 valence electrons. The van der Waals surface area contributed by atoms with Crippen LogP contribution in [0.3, 0.4) is 0 Å². The molecular formula is C9H12O4. The van der Waals surface area contributed by atoms with Crippen molar-refractivity contribution in [3.8, 4) is 12.3 Å². The second kappa shape index (κ2) is 2.46. The van der Waals surface area contributed by atoms with Crippen molar-refractivity contribution >= 4 is 0 Å². The van der Waals surface area contributed by atoms with E-state index in [9.17, 15) is 5.11 Å². The van der Waals surface area contributed by atoms with E-state index < -0.39 is 17.7 Å². The van der Waals surface area contributed by atoms with E-state index in [1.807, 2.05) is 0 Å². The van der Waals surface area contributed by atoms with Crippen molar-refractivity contribution in [3.05, 3.63) is 0 Å². The van der Waals surface area contributed by atoms with E-state index in [0.717, 1.165) is 0 Å². The van der Waals surface area contributed by atoms with Gasteiger partial charge in [-0.25, -0.2) is 0 Å². The molecule has 13 heavy (non-hydrogen) atoms. The van der Waals surface area contributed by atoms with E-state index in [2.05, 4.69) is 5.92 Å². The zero-order valence-electron chi connectivity index (χ0n) is 7.61. The highest BCUT2D eigenvalue weighted by atomic mass is 16.8. The van der Waals surface area contributed by atoms with Gasteiger partial charge in [0.1, 0.15) is 6.10 Å². The molecule has 2 aliphatic heterocycles. The molecule has 0 spiro atoms. The summed E-state index contributed by atoms with van der Waals surface area (Å²) in [4.78, 5) is 0. The van der Waals surface area contributed by atoms with Gasteiger partial charge in [0.25, 0.3) is 5.79 Å². The van der Waals surface area contributed by atoms with Gasteiger partial charge in [-0.1, -0.05) is 0 Å². The van der Waals surface area contributed by atoms with Gasteiger partial charge in [0.05, 0.1) is 6.61 Å². The highest BCUT2D eigenvalue weighted by Crippen LogP contribution is 2.39. The first-order chi connectivity index (χ1) is 5.97. The summed E-state index contributed by atoms with van der Waals surface area (Å²) in [5.41, 5.74) is 0. The van der Waals surface area contributed by atoms with Gasteiger partial charge >= 0.3 is 0 Å². The lowest BCUT2D eigenvalue weighted by Crippen LogP contribution is -2.41. The fraction of sp³-hybridized carbons (Fsp3) is 0.778. The number of ether oxygens (including phenoxy) is 3. The molecule has 2 fully saturated rings. The Morgan fingerprint density at radius 2 is 2.15 bits per heavy atom. The van der Waals surface area contributed by atoms with Crippen LogP contribution in [-0.4, -0.2) is 35.5 Å². The Kier molecular flexibility index (Phi) is 1.70. The van der Waals surface area contributed by atoms with Crippen LogP contribution in [0.4, 0.5) is 0 Å². The van der Waals surface area contributed by atoms with Gasteiger partial charge in [-0.3, -0.25) is 0 Å². The first-order valence-electron chi connectivity index (χ1n) is 4.16. The molecule has 0 aliphatic carbocycles. The molecule has 3 atom stereocenters. The summed E-state index contributed by atoms with van der Waals surface area (Å²) in [5, 5.41) is 9.74. The summed E-state index contributed by atoms with van der Waals surface area (Å²) in [6.45, 7) is 3.83. The smallest absolute Gasteiger partial charge is 0.261 e. The first kappa shape index (κ1) is 8.97. The fourth-order valence-electron chi connectivity index (χ4n) is 1.70. The molecule has 2 rings (SSSR count). The third-order valence-corrected chi connectivity index (χ3v) is 2.24. The zero-order valence-corrected chi connectivity index (χ0v) is 7.61. The van der Waals surface area contributed by atoms with Crippen molar-refractivity contribution in [2.75, 3.05) is 6.61 Å². The molecule has 4 nitrogen and oxygen atoms in total. The van der Waals surface area contributed by atoms with E-state index >= 15 is 0 Å². The molecule has 2 saturated heterocycles. The Labute approximate surface area is 76.8 Å². The van der Waals surface area contributed by atoms with Gasteiger partial charge in [-0.05, 0) is 19.8 Å². The summed E-state index contributed by atoms with van der Waals surface area (Å²) in [6, 6.07) is 0. The van der Waals surface area contributed by atoms with E-state index in [4.69, 9.17) is 20.6 Å². The van der Waals surface area contributed by atoms with Crippen molar-refractivity contribution < 1.29 is 19.3 Å². The second-order valence-corrected chi connectivity index (χ2v) is 3.75. The van der Waals surface area contributed by atoms with Crippen molar-refractivity contribution in [1.29, 1.82) is 0 Å². The Morgan fingerprint density at radius 3 is 2.77 bits per heavy atom. The summed E-state index contributed by atoms with van der Waals surface area (Å²) in [7, 11) is 0. The summed E-state index contributed by atoms with van der Waals surface area (Å²) in [5.74, 6) is -0.139. The van der Waals surface area contributed by atoms with E-state index in [1.54, 1.807) is 13.8 Å². The lowest BCUT2D eigenvalue weighted by Gasteiger charge is -2.24. The van der Waals surface area contributed by atoms with E-state index in [-0.39, 0.29) is 12.7 Å². The largest absolute Gasteiger partial charge is 0.354 e. The molecule has 0 aromatic heterocycles. The SMILES string of the molecule is C#C[C@@]1(O)OC[C@H]2OC(C)(C)O[C@H]21. The van der Waals surface area contributed by atoms with Gasteiger partial charge < -0.3 is 19.3 Å². The molecule has 4 heteroatoms. The van der Waals surface area contributed by atoms with Gasteiger partial charge in [0, 0.05) is 0 Å². The fourth-order valence-corrected chi connectivity index (χ4v) is 1.70. The van der Waals surface area contributed by atoms with Crippen molar-refractivity contribution in [1.82, 2.24) is 0 Å². The second-order valence-electron chi connectivity index (χ2n) is 3.75. The molecule has 0 aromatic carbocycles. The van der Waals surface area contributed by atoms with Crippen molar-refractivity contribution in [2.24, 2.45) is 0 Å². The van der Waals surface area contributed by atoms with E-state index in [1.165, 1.54) is 0 Å². The summed E-state index contributed by atoms with van der Waals surface area (Å²) in [6.07, 6.45) is 4.31. The summed E-state index contributed by atoms with van der Waals surface area (Å²) < 4.78 is 15.9. The Morgan fingerprint density at radius 1 is 1.46 bits per heavy atom. The topological polar surface area (TPSA) is 47.9 Å². The number of hydrogen-bond donors (Lipinski definition) is 1. The minimum atomic E-state index is -1.63. The molecule has 1 N–H and O–H groups in total. The molecule has 0 bridgehead atoms. The van der Waals surface area contributed by atoms with Gasteiger partial charge in [-0.2, -0.15) is 0 Å². The molecular weight excluding hydrogens is 172 g/mol. The Balaban J connectivity index is 2.22. The van der Waals surface area contributed by atoms with Crippen LogP contribution in [-0.2, 0) is 14.2 Å². The van der Waals surface area contributed by atoms with Crippen LogP contribution < -0.4 is 0 Å². The number of fused-ring (bicyclic) bond motifs is 1. The molecule has 0 unspecified atom stereocenters. The highest BCUT2D eigenvalue weighted by Gasteiger charge is 2.57. The standard InChI is InChI=1S/C9H12O4/c1-4-9(10)7-6(5-11-9)12-8(2,3)13-7/h1,6-7,10H,5H2,2-3H3/t6-,7-,9-/m1/s1. The van der Waals surface area contributed by atoms with Gasteiger partial charge in [0.15, 0.2) is 11.9 Å². The van der Waals surface area contributed by atoms with Crippen LogP contribution in [0.5, 0.6) is 0 Å². The third-order valence-electron chi connectivity index (χ3n) is 2.24. The minimum Gasteiger partial charge on any atom is -0.354 e. The predicted molar refractivity (Wildman–Crippen MR) is 43.6 cm³/mol. The Bertz CT molecular complexity index is 267. The lowest BCUT2D eigenvalue weighted by molar-refractivity contribution is -0.233. The first-order valence-corrected chi connectivity index (χ1v) is 4.16. The van der Waals surface area contributed by atoms with Crippen LogP contribution in [0, 0.1) is 12.3 Å². The number of hydrogen-bond acceptors (Lipinski definition) is 4. The maximum Gasteiger partial charge on any atom is 0.261 e. The average molecular weight is 184 g/mol. The zero-order chi connectivity index (χ0) is 9.69. The molecule has 0 amide bonds. The molecule has 0 aromatic rings. The molecule has 0 radical (unpaired) electrons. The van der Waals surface area contributed by atoms with Gasteiger partial charge in [0.2, 0.25) is 0 Å². The molecule has 2 heterocycles. The van der Waals surface area contributed by atoms with Crippen LogP contribution >= 0.6 is 0 Å². The predicted octanol–water partition coefficient (Wildman–Crippen LogP) is -0.141. The van der Waals surface area contributed by atoms with Crippen LogP contribution in [0.1, 0.15) is 13.8 Å². The van der Waals surface area contributed by atoms with Crippen LogP contribution in [0.25, 0.3) is 0 Å². The third kappa shape index (κ3) is 1.25. The summed E-state index contributed by atoms with van der Waals surface area (Å²) >= 11 is 0. The highest BCUT2D eigenvalue weighted by molar-refractivity contribution is 5.13. The average Bonchev–Trinajstić information content (AvgIpc) is 2.49. The molecule has 2 aliphatic rings. The minimum absolute atomic E-state index is 0.268. The normalized spacial score (nSPS) is 47.2. The number of aliphatic hydroxyl groups is 1. The molecule has 0 saturated carbocycles. The Hall–Kier alpha value is -0.600. The quantitative estimate of drug-likeness (QED) is 0.532. The van der Waals surface area contributed by atoms with E-state index in [0.29, 0.717) is 0 Å². The lowest BCUT2D eigenvalue weighted by atomic mass is 10.1. The van der Waals surface area contributed by atoms with Crippen molar-refractivity contribution in [3.63, 3.8) is 0 Å². The monoisotopic (exact) mass is 184 g/mol. The maximum absolute atomic E-state index is 9.74. The van der Waals surface area contributed by atoms with Gasteiger partial charge in [-0.15, -0.1) is 6.42 Å². The van der Waals surface area contributed by atoms with Crippen molar-refractivity contribution in [2.45, 2.75) is 37.6 Å². The maximum atomic E-state index is 9.74. The number of rotatable bonds is 0. The van der Waals surface area contributed by atoms with Crippen LogP contribution in [0.2, 0.25) is 0 Å². The number of terminal acetylenes is 1. The van der Waals surface area contributed by atoms with Crippen LogP contribution in [0.15, 0.2) is 0 Å².